The van der Waals surface area contributed by atoms with Crippen LogP contribution in [0.3, 0.4) is 0 Å². The van der Waals surface area contributed by atoms with Crippen LogP contribution in [0.1, 0.15) is 239 Å². The standard InChI is InChI=1S/C67H113NO8/c1-3-5-7-9-11-13-15-17-19-21-23-25-27-29-30-31-33-34-36-38-40-42-44-46-48-50-52-54-56-61(70)60(59-75-67-66(74)65(73)64(72)62(58-69)76-67)68-63(71)57-55-53-51-49-47-45-43-41-39-37-35-32-28-26-24-22-20-18-16-14-12-10-8-6-4-2/h6,8,12,14,18,20,24,26,32,35,38-41,45-48,54,56,60-62,64-67,69-70,72-74H,3-5,7,9-11,13,15-17,19,21-23,25,27-31,33-34,36-37,42-44,49-53,55,57-59H2,1-2H3,(H,68,71)/b8-6-,14-12-,20-18-,26-24-,35-32-,40-38+,41-39-,47-45-,48-46+,56-54+. The Balaban J connectivity index is 2.29. The highest BCUT2D eigenvalue weighted by Crippen LogP contribution is 2.23. The van der Waals surface area contributed by atoms with Gasteiger partial charge in [0, 0.05) is 6.42 Å². The molecule has 1 heterocycles. The molecule has 9 heteroatoms. The van der Waals surface area contributed by atoms with E-state index < -0.39 is 49.5 Å². The molecule has 6 N–H and O–H groups in total. The minimum Gasteiger partial charge on any atom is -0.394 e. The first kappa shape index (κ1) is 70.6. The van der Waals surface area contributed by atoms with Crippen LogP contribution in [0, 0.1) is 0 Å². The highest BCUT2D eigenvalue weighted by atomic mass is 16.7. The summed E-state index contributed by atoms with van der Waals surface area (Å²) < 4.78 is 11.2. The summed E-state index contributed by atoms with van der Waals surface area (Å²) in [5.74, 6) is -0.226. The van der Waals surface area contributed by atoms with Gasteiger partial charge in [-0.3, -0.25) is 4.79 Å². The molecule has 0 saturated carbocycles. The van der Waals surface area contributed by atoms with Gasteiger partial charge in [0.25, 0.3) is 0 Å². The summed E-state index contributed by atoms with van der Waals surface area (Å²) in [4.78, 5) is 13.1. The molecule has 1 amide bonds. The third-order valence-electron chi connectivity index (χ3n) is 13.7. The van der Waals surface area contributed by atoms with Gasteiger partial charge in [-0.05, 0) is 103 Å². The second-order valence-corrected chi connectivity index (χ2v) is 20.7. The maximum absolute atomic E-state index is 13.1. The van der Waals surface area contributed by atoms with Gasteiger partial charge in [0.05, 0.1) is 25.4 Å². The zero-order valence-corrected chi connectivity index (χ0v) is 48.2. The summed E-state index contributed by atoms with van der Waals surface area (Å²) >= 11 is 0. The minimum atomic E-state index is -1.59. The summed E-state index contributed by atoms with van der Waals surface area (Å²) in [6.07, 6.45) is 75.6. The van der Waals surface area contributed by atoms with Crippen LogP contribution in [0.25, 0.3) is 0 Å². The van der Waals surface area contributed by atoms with Crippen molar-refractivity contribution in [2.45, 2.75) is 281 Å². The first-order chi connectivity index (χ1) is 37.3. The molecule has 0 bridgehead atoms. The van der Waals surface area contributed by atoms with Crippen molar-refractivity contribution in [1.29, 1.82) is 0 Å². The number of carbonyl (C=O) groups is 1. The van der Waals surface area contributed by atoms with Crippen LogP contribution in [0.4, 0.5) is 0 Å². The van der Waals surface area contributed by atoms with Crippen LogP contribution in [-0.2, 0) is 14.3 Å². The number of amides is 1. The molecule has 1 aliphatic rings. The molecule has 7 unspecified atom stereocenters. The zero-order chi connectivity index (χ0) is 55.0. The molecule has 0 aliphatic carbocycles. The average Bonchev–Trinajstić information content (AvgIpc) is 3.42. The van der Waals surface area contributed by atoms with Gasteiger partial charge < -0.3 is 40.3 Å². The normalized spacial score (nSPS) is 19.7. The van der Waals surface area contributed by atoms with Crippen LogP contribution in [0.2, 0.25) is 0 Å². The van der Waals surface area contributed by atoms with Crippen molar-refractivity contribution in [2.24, 2.45) is 0 Å². The lowest BCUT2D eigenvalue weighted by atomic mass is 9.99. The molecular weight excluding hydrogens is 947 g/mol. The number of rotatable bonds is 51. The summed E-state index contributed by atoms with van der Waals surface area (Å²) in [5.41, 5.74) is 0. The molecule has 1 aliphatic heterocycles. The van der Waals surface area contributed by atoms with Crippen LogP contribution in [-0.4, -0.2) is 87.5 Å². The lowest BCUT2D eigenvalue weighted by Gasteiger charge is -2.40. The van der Waals surface area contributed by atoms with Gasteiger partial charge in [0.15, 0.2) is 6.29 Å². The Kier molecular flexibility index (Phi) is 51.0. The second kappa shape index (κ2) is 54.9. The minimum absolute atomic E-state index is 0.226. The Hall–Kier alpha value is -3.41. The molecule has 7 atom stereocenters. The number of nitrogens with one attached hydrogen (secondary N) is 1. The van der Waals surface area contributed by atoms with Gasteiger partial charge in [-0.1, -0.05) is 251 Å². The van der Waals surface area contributed by atoms with Crippen molar-refractivity contribution in [1.82, 2.24) is 5.32 Å². The number of carbonyl (C=O) groups excluding carboxylic acids is 1. The van der Waals surface area contributed by atoms with Crippen molar-refractivity contribution in [3.63, 3.8) is 0 Å². The van der Waals surface area contributed by atoms with Gasteiger partial charge in [0.1, 0.15) is 24.4 Å². The van der Waals surface area contributed by atoms with E-state index in [1.165, 1.54) is 116 Å². The molecule has 76 heavy (non-hydrogen) atoms. The molecule has 0 aromatic carbocycles. The maximum Gasteiger partial charge on any atom is 0.220 e. The molecule has 1 saturated heterocycles. The van der Waals surface area contributed by atoms with Crippen molar-refractivity contribution < 1.29 is 39.8 Å². The lowest BCUT2D eigenvalue weighted by Crippen LogP contribution is -2.60. The first-order valence-corrected chi connectivity index (χ1v) is 30.8. The van der Waals surface area contributed by atoms with E-state index in [1.54, 1.807) is 6.08 Å². The molecule has 434 valence electrons. The predicted molar refractivity (Wildman–Crippen MR) is 322 cm³/mol. The first-order valence-electron chi connectivity index (χ1n) is 30.8. The molecular formula is C67H113NO8. The van der Waals surface area contributed by atoms with E-state index in [-0.39, 0.29) is 18.9 Å². The van der Waals surface area contributed by atoms with Crippen molar-refractivity contribution in [2.75, 3.05) is 13.2 Å². The van der Waals surface area contributed by atoms with E-state index in [0.717, 1.165) is 89.9 Å². The summed E-state index contributed by atoms with van der Waals surface area (Å²) in [5, 5.41) is 54.5. The van der Waals surface area contributed by atoms with Gasteiger partial charge in [-0.2, -0.15) is 0 Å². The van der Waals surface area contributed by atoms with E-state index in [2.05, 4.69) is 129 Å². The summed E-state index contributed by atoms with van der Waals surface area (Å²) in [6.45, 7) is 3.63. The number of aliphatic hydroxyl groups is 5. The Morgan fingerprint density at radius 1 is 0.461 bits per heavy atom. The smallest absolute Gasteiger partial charge is 0.220 e. The SMILES string of the molecule is CC/C=C\C/C=C\C/C=C\C/C=C\C/C=C\C/C=C\C/C=C\CCCCCC(=O)NC(COC1OC(CO)C(O)C(O)C1O)C(O)/C=C/CC/C=C/CC/C=C/CCCCCCCCCCCCCCCCCCCC. The number of ether oxygens (including phenoxy) is 2. The van der Waals surface area contributed by atoms with E-state index in [1.807, 2.05) is 6.08 Å². The third-order valence-corrected chi connectivity index (χ3v) is 13.7. The topological polar surface area (TPSA) is 149 Å². The highest BCUT2D eigenvalue weighted by molar-refractivity contribution is 5.76. The fourth-order valence-electron chi connectivity index (χ4n) is 8.93. The Labute approximate surface area is 465 Å². The Morgan fingerprint density at radius 3 is 1.26 bits per heavy atom. The van der Waals surface area contributed by atoms with Crippen molar-refractivity contribution >= 4 is 5.91 Å². The number of aliphatic hydroxyl groups excluding tert-OH is 5. The molecule has 0 aromatic rings. The third kappa shape index (κ3) is 43.6. The van der Waals surface area contributed by atoms with E-state index in [4.69, 9.17) is 9.47 Å². The molecule has 1 fully saturated rings. The number of hydrogen-bond donors (Lipinski definition) is 6. The van der Waals surface area contributed by atoms with Crippen molar-refractivity contribution in [3.05, 3.63) is 122 Å². The highest BCUT2D eigenvalue weighted by Gasteiger charge is 2.44. The monoisotopic (exact) mass is 1060 g/mol. The summed E-state index contributed by atoms with van der Waals surface area (Å²) in [6, 6.07) is -0.857. The van der Waals surface area contributed by atoms with Gasteiger partial charge >= 0.3 is 0 Å². The van der Waals surface area contributed by atoms with Gasteiger partial charge in [-0.25, -0.2) is 0 Å². The van der Waals surface area contributed by atoms with Crippen LogP contribution >= 0.6 is 0 Å². The molecule has 0 aromatic heterocycles. The largest absolute Gasteiger partial charge is 0.394 e. The van der Waals surface area contributed by atoms with E-state index >= 15 is 0 Å². The lowest BCUT2D eigenvalue weighted by molar-refractivity contribution is -0.302. The van der Waals surface area contributed by atoms with Crippen molar-refractivity contribution in [3.8, 4) is 0 Å². The van der Waals surface area contributed by atoms with Crippen LogP contribution in [0.15, 0.2) is 122 Å². The summed E-state index contributed by atoms with van der Waals surface area (Å²) in [7, 11) is 0. The average molecular weight is 1060 g/mol. The Morgan fingerprint density at radius 2 is 0.829 bits per heavy atom. The zero-order valence-electron chi connectivity index (χ0n) is 48.2. The number of allylic oxidation sites excluding steroid dienone is 19. The van der Waals surface area contributed by atoms with Gasteiger partial charge in [-0.15, -0.1) is 0 Å². The fraction of sp³-hybridized carbons (Fsp3) is 0.687. The Bertz CT molecular complexity index is 1610. The van der Waals surface area contributed by atoms with Crippen LogP contribution in [0.5, 0.6) is 0 Å². The van der Waals surface area contributed by atoms with E-state index in [0.29, 0.717) is 12.8 Å². The molecule has 0 spiro atoms. The van der Waals surface area contributed by atoms with E-state index in [9.17, 15) is 30.3 Å². The molecule has 1 rings (SSSR count). The number of hydrogen-bond acceptors (Lipinski definition) is 8. The number of unbranched alkanes of at least 4 members (excludes halogenated alkanes) is 23. The molecule has 9 nitrogen and oxygen atoms in total. The second-order valence-electron chi connectivity index (χ2n) is 20.7. The quantitative estimate of drug-likeness (QED) is 0.0261. The fourth-order valence-corrected chi connectivity index (χ4v) is 8.93. The van der Waals surface area contributed by atoms with Crippen LogP contribution < -0.4 is 5.32 Å². The molecule has 0 radical (unpaired) electrons. The predicted octanol–water partition coefficient (Wildman–Crippen LogP) is 15.9. The van der Waals surface area contributed by atoms with Gasteiger partial charge in [0.2, 0.25) is 5.91 Å². The maximum atomic E-state index is 13.1.